The second-order valence-corrected chi connectivity index (χ2v) is 8.73. The Morgan fingerprint density at radius 2 is 1.94 bits per heavy atom. The van der Waals surface area contributed by atoms with Crippen molar-refractivity contribution >= 4 is 28.8 Å². The molecular formula is C25H25FN2O3S. The summed E-state index contributed by atoms with van der Waals surface area (Å²) in [7, 11) is 0. The van der Waals surface area contributed by atoms with Crippen LogP contribution in [0.4, 0.5) is 10.1 Å². The number of amides is 2. The van der Waals surface area contributed by atoms with E-state index in [-0.39, 0.29) is 36.7 Å². The molecular weight excluding hydrogens is 427 g/mol. The van der Waals surface area contributed by atoms with E-state index >= 15 is 0 Å². The fourth-order valence-electron chi connectivity index (χ4n) is 3.71. The number of anilines is 1. The molecule has 1 saturated heterocycles. The van der Waals surface area contributed by atoms with Crippen molar-refractivity contribution < 1.29 is 18.7 Å². The SMILES string of the molecule is O=C(Cc1ccc(N(Cc2cccc(F)c2)C(=O)c2cccs2)cc1)NC[C@@H]1CCCO1. The van der Waals surface area contributed by atoms with Gasteiger partial charge >= 0.3 is 0 Å². The Kier molecular flexibility index (Phi) is 7.29. The summed E-state index contributed by atoms with van der Waals surface area (Å²) < 4.78 is 19.2. The number of thiophene rings is 1. The van der Waals surface area contributed by atoms with Crippen molar-refractivity contribution in [3.63, 3.8) is 0 Å². The largest absolute Gasteiger partial charge is 0.376 e. The summed E-state index contributed by atoms with van der Waals surface area (Å²) in [6.07, 6.45) is 2.39. The summed E-state index contributed by atoms with van der Waals surface area (Å²) in [5, 5.41) is 4.78. The molecule has 1 aliphatic heterocycles. The van der Waals surface area contributed by atoms with Crippen molar-refractivity contribution in [1.29, 1.82) is 0 Å². The highest BCUT2D eigenvalue weighted by molar-refractivity contribution is 7.12. The molecule has 1 fully saturated rings. The van der Waals surface area contributed by atoms with Gasteiger partial charge in [0.2, 0.25) is 5.91 Å². The van der Waals surface area contributed by atoms with E-state index in [0.29, 0.717) is 22.7 Å². The van der Waals surface area contributed by atoms with Gasteiger partial charge < -0.3 is 15.0 Å². The molecule has 0 radical (unpaired) electrons. The Balaban J connectivity index is 1.45. The molecule has 0 unspecified atom stereocenters. The summed E-state index contributed by atoms with van der Waals surface area (Å²) >= 11 is 1.37. The van der Waals surface area contributed by atoms with E-state index < -0.39 is 0 Å². The number of nitrogens with one attached hydrogen (secondary N) is 1. The van der Waals surface area contributed by atoms with Crippen molar-refractivity contribution in [2.45, 2.75) is 31.9 Å². The zero-order valence-corrected chi connectivity index (χ0v) is 18.4. The van der Waals surface area contributed by atoms with Crippen LogP contribution in [0.5, 0.6) is 0 Å². The first-order chi connectivity index (χ1) is 15.6. The number of ether oxygens (including phenoxy) is 1. The lowest BCUT2D eigenvalue weighted by atomic mass is 10.1. The van der Waals surface area contributed by atoms with Crippen LogP contribution in [0.2, 0.25) is 0 Å². The summed E-state index contributed by atoms with van der Waals surface area (Å²) in [6.45, 7) is 1.54. The van der Waals surface area contributed by atoms with Crippen LogP contribution in [-0.2, 0) is 22.5 Å². The lowest BCUT2D eigenvalue weighted by Gasteiger charge is -2.23. The van der Waals surface area contributed by atoms with E-state index in [4.69, 9.17) is 4.74 Å². The lowest BCUT2D eigenvalue weighted by Crippen LogP contribution is -2.32. The molecule has 1 aromatic heterocycles. The highest BCUT2D eigenvalue weighted by Gasteiger charge is 2.20. The molecule has 1 atom stereocenters. The van der Waals surface area contributed by atoms with Gasteiger partial charge in [-0.3, -0.25) is 9.59 Å². The van der Waals surface area contributed by atoms with Gasteiger partial charge in [0.15, 0.2) is 0 Å². The molecule has 0 aliphatic carbocycles. The number of hydrogen-bond donors (Lipinski definition) is 1. The summed E-state index contributed by atoms with van der Waals surface area (Å²) in [6, 6.07) is 17.2. The third kappa shape index (κ3) is 5.81. The second kappa shape index (κ2) is 10.5. The fourth-order valence-corrected chi connectivity index (χ4v) is 4.38. The van der Waals surface area contributed by atoms with Gasteiger partial charge in [-0.25, -0.2) is 4.39 Å². The minimum atomic E-state index is -0.338. The van der Waals surface area contributed by atoms with Crippen LogP contribution >= 0.6 is 11.3 Å². The van der Waals surface area contributed by atoms with Gasteiger partial charge in [-0.2, -0.15) is 0 Å². The third-order valence-corrected chi connectivity index (χ3v) is 6.23. The average molecular weight is 453 g/mol. The number of nitrogens with zero attached hydrogens (tertiary/aromatic N) is 1. The van der Waals surface area contributed by atoms with Crippen molar-refractivity contribution in [3.05, 3.63) is 87.9 Å². The van der Waals surface area contributed by atoms with E-state index in [1.165, 1.54) is 23.5 Å². The number of hydrogen-bond acceptors (Lipinski definition) is 4. The first kappa shape index (κ1) is 22.2. The molecule has 2 amide bonds. The van der Waals surface area contributed by atoms with E-state index in [0.717, 1.165) is 25.0 Å². The zero-order valence-electron chi connectivity index (χ0n) is 17.6. The topological polar surface area (TPSA) is 58.6 Å². The first-order valence-corrected chi connectivity index (χ1v) is 11.5. The van der Waals surface area contributed by atoms with E-state index in [9.17, 15) is 14.0 Å². The van der Waals surface area contributed by atoms with Gasteiger partial charge in [0.25, 0.3) is 5.91 Å². The molecule has 166 valence electrons. The number of rotatable bonds is 8. The summed E-state index contributed by atoms with van der Waals surface area (Å²) in [5.74, 6) is -0.541. The minimum absolute atomic E-state index is 0.0560. The molecule has 0 saturated carbocycles. The van der Waals surface area contributed by atoms with Crippen LogP contribution in [0.15, 0.2) is 66.0 Å². The molecule has 0 bridgehead atoms. The Morgan fingerprint density at radius 3 is 2.62 bits per heavy atom. The van der Waals surface area contributed by atoms with Gasteiger partial charge in [0.05, 0.1) is 23.9 Å². The molecule has 4 rings (SSSR count). The molecule has 2 heterocycles. The Bertz CT molecular complexity index is 1050. The van der Waals surface area contributed by atoms with E-state index in [1.54, 1.807) is 23.1 Å². The maximum Gasteiger partial charge on any atom is 0.268 e. The van der Waals surface area contributed by atoms with Gasteiger partial charge in [-0.15, -0.1) is 11.3 Å². The predicted octanol–water partition coefficient (Wildman–Crippen LogP) is 4.57. The quantitative estimate of drug-likeness (QED) is 0.545. The molecule has 1 N–H and O–H groups in total. The molecule has 2 aromatic carbocycles. The highest BCUT2D eigenvalue weighted by Crippen LogP contribution is 2.23. The van der Waals surface area contributed by atoms with Gasteiger partial charge in [-0.05, 0) is 59.7 Å². The van der Waals surface area contributed by atoms with Crippen LogP contribution in [0.3, 0.4) is 0 Å². The number of carbonyl (C=O) groups is 2. The first-order valence-electron chi connectivity index (χ1n) is 10.7. The van der Waals surface area contributed by atoms with Gasteiger partial charge in [0.1, 0.15) is 5.82 Å². The molecule has 7 heteroatoms. The maximum atomic E-state index is 13.7. The smallest absolute Gasteiger partial charge is 0.268 e. The molecule has 32 heavy (non-hydrogen) atoms. The van der Waals surface area contributed by atoms with E-state index in [1.807, 2.05) is 35.7 Å². The molecule has 5 nitrogen and oxygen atoms in total. The van der Waals surface area contributed by atoms with Gasteiger partial charge in [-0.1, -0.05) is 30.3 Å². The predicted molar refractivity (Wildman–Crippen MR) is 123 cm³/mol. The minimum Gasteiger partial charge on any atom is -0.376 e. The summed E-state index contributed by atoms with van der Waals surface area (Å²) in [5.41, 5.74) is 2.25. The second-order valence-electron chi connectivity index (χ2n) is 7.78. The Hall–Kier alpha value is -3.03. The third-order valence-electron chi connectivity index (χ3n) is 5.37. The number of carbonyl (C=O) groups excluding carboxylic acids is 2. The van der Waals surface area contributed by atoms with Crippen molar-refractivity contribution in [1.82, 2.24) is 5.32 Å². The fraction of sp³-hybridized carbons (Fsp3) is 0.280. The van der Waals surface area contributed by atoms with E-state index in [2.05, 4.69) is 5.32 Å². The monoisotopic (exact) mass is 452 g/mol. The highest BCUT2D eigenvalue weighted by atomic mass is 32.1. The average Bonchev–Trinajstić information content (AvgIpc) is 3.51. The van der Waals surface area contributed by atoms with Crippen LogP contribution in [0.1, 0.15) is 33.6 Å². The number of halogens is 1. The van der Waals surface area contributed by atoms with Crippen LogP contribution in [-0.4, -0.2) is 31.1 Å². The van der Waals surface area contributed by atoms with Crippen molar-refractivity contribution in [2.24, 2.45) is 0 Å². The Labute approximate surface area is 190 Å². The van der Waals surface area contributed by atoms with Crippen LogP contribution < -0.4 is 10.2 Å². The van der Waals surface area contributed by atoms with Gasteiger partial charge in [0, 0.05) is 18.8 Å². The lowest BCUT2D eigenvalue weighted by molar-refractivity contribution is -0.120. The Morgan fingerprint density at radius 1 is 1.09 bits per heavy atom. The van der Waals surface area contributed by atoms with Crippen LogP contribution in [0.25, 0.3) is 0 Å². The normalized spacial score (nSPS) is 15.5. The molecule has 1 aliphatic rings. The van der Waals surface area contributed by atoms with Crippen molar-refractivity contribution in [2.75, 3.05) is 18.1 Å². The molecule has 3 aromatic rings. The number of benzene rings is 2. The zero-order chi connectivity index (χ0) is 22.3. The van der Waals surface area contributed by atoms with Crippen molar-refractivity contribution in [3.8, 4) is 0 Å². The maximum absolute atomic E-state index is 13.7. The van der Waals surface area contributed by atoms with Crippen LogP contribution in [0, 0.1) is 5.82 Å². The standard InChI is InChI=1S/C25H25FN2O3S/c26-20-5-1-4-19(14-20)17-28(25(30)23-7-3-13-32-23)21-10-8-18(9-11-21)15-24(29)27-16-22-6-2-12-31-22/h1,3-5,7-11,13-14,22H,2,6,12,15-17H2,(H,27,29)/t22-/m0/s1. The molecule has 0 spiro atoms. The summed E-state index contributed by atoms with van der Waals surface area (Å²) in [4.78, 5) is 27.6.